The molecule has 1 saturated heterocycles. The van der Waals surface area contributed by atoms with Crippen molar-refractivity contribution in [3.63, 3.8) is 0 Å². The number of carboxylic acid groups (broad SMARTS) is 1. The highest BCUT2D eigenvalue weighted by molar-refractivity contribution is 5.87. The highest BCUT2D eigenvalue weighted by atomic mass is 16.4. The molecule has 1 aliphatic rings. The van der Waals surface area contributed by atoms with Crippen LogP contribution in [0.2, 0.25) is 0 Å². The normalized spacial score (nSPS) is 23.4. The first kappa shape index (κ1) is 15.0. The highest BCUT2D eigenvalue weighted by Gasteiger charge is 2.32. The predicted octanol–water partition coefficient (Wildman–Crippen LogP) is 2.16. The Kier molecular flexibility index (Phi) is 4.45. The van der Waals surface area contributed by atoms with E-state index in [0.717, 1.165) is 25.2 Å². The summed E-state index contributed by atoms with van der Waals surface area (Å²) in [7, 11) is 4.28. The molecule has 4 nitrogen and oxygen atoms in total. The lowest BCUT2D eigenvalue weighted by atomic mass is 9.89. The van der Waals surface area contributed by atoms with Gasteiger partial charge in [0.25, 0.3) is 0 Å². The van der Waals surface area contributed by atoms with Crippen LogP contribution in [0.15, 0.2) is 24.3 Å². The molecule has 1 atom stereocenters. The van der Waals surface area contributed by atoms with Crippen LogP contribution >= 0.6 is 0 Å². The topological polar surface area (TPSA) is 43.8 Å². The molecule has 0 aliphatic carbocycles. The van der Waals surface area contributed by atoms with Gasteiger partial charge in [-0.05, 0) is 50.2 Å². The molecule has 2 rings (SSSR count). The minimum Gasteiger partial charge on any atom is -0.478 e. The van der Waals surface area contributed by atoms with Crippen LogP contribution in [0.4, 0.5) is 0 Å². The first-order valence-corrected chi connectivity index (χ1v) is 7.07. The fraction of sp³-hybridized carbons (Fsp3) is 0.562. The number of hydrogen-bond acceptors (Lipinski definition) is 3. The van der Waals surface area contributed by atoms with E-state index in [1.807, 2.05) is 12.1 Å². The Labute approximate surface area is 121 Å². The van der Waals surface area contributed by atoms with Crippen molar-refractivity contribution in [3.8, 4) is 0 Å². The molecule has 110 valence electrons. The molecule has 0 saturated carbocycles. The molecule has 1 heterocycles. The minimum atomic E-state index is -0.862. The quantitative estimate of drug-likeness (QED) is 0.895. The smallest absolute Gasteiger partial charge is 0.335 e. The maximum atomic E-state index is 11.0. The van der Waals surface area contributed by atoms with E-state index in [-0.39, 0.29) is 0 Å². The Hall–Kier alpha value is -1.39. The van der Waals surface area contributed by atoms with Crippen molar-refractivity contribution in [1.82, 2.24) is 9.80 Å². The molecule has 0 amide bonds. The largest absolute Gasteiger partial charge is 0.478 e. The van der Waals surface area contributed by atoms with E-state index in [9.17, 15) is 4.79 Å². The van der Waals surface area contributed by atoms with Gasteiger partial charge in [-0.15, -0.1) is 0 Å². The van der Waals surface area contributed by atoms with Crippen LogP contribution < -0.4 is 0 Å². The van der Waals surface area contributed by atoms with Gasteiger partial charge in [-0.3, -0.25) is 0 Å². The van der Waals surface area contributed by atoms with E-state index in [1.165, 1.54) is 13.0 Å². The number of nitrogens with zero attached hydrogens (tertiary/aromatic N) is 2. The van der Waals surface area contributed by atoms with Crippen molar-refractivity contribution >= 4 is 5.97 Å². The van der Waals surface area contributed by atoms with Gasteiger partial charge in [-0.2, -0.15) is 0 Å². The van der Waals surface area contributed by atoms with E-state index < -0.39 is 5.97 Å². The second kappa shape index (κ2) is 5.94. The van der Waals surface area contributed by atoms with Crippen LogP contribution in [-0.4, -0.2) is 54.6 Å². The number of rotatable bonds is 5. The van der Waals surface area contributed by atoms with Gasteiger partial charge in [0.05, 0.1) is 5.56 Å². The second-order valence-electron chi connectivity index (χ2n) is 6.48. The van der Waals surface area contributed by atoms with Crippen molar-refractivity contribution in [2.45, 2.75) is 19.9 Å². The van der Waals surface area contributed by atoms with Gasteiger partial charge >= 0.3 is 5.97 Å². The summed E-state index contributed by atoms with van der Waals surface area (Å²) in [6, 6.07) is 7.21. The summed E-state index contributed by atoms with van der Waals surface area (Å²) in [5.74, 6) is -0.862. The van der Waals surface area contributed by atoms with Crippen LogP contribution in [0, 0.1) is 5.41 Å². The van der Waals surface area contributed by atoms with Gasteiger partial charge in [0.15, 0.2) is 0 Å². The molecule has 1 aromatic carbocycles. The van der Waals surface area contributed by atoms with Crippen molar-refractivity contribution in [3.05, 3.63) is 35.4 Å². The van der Waals surface area contributed by atoms with E-state index in [4.69, 9.17) is 5.11 Å². The Morgan fingerprint density at radius 2 is 2.25 bits per heavy atom. The molecule has 1 aliphatic heterocycles. The Morgan fingerprint density at radius 3 is 2.85 bits per heavy atom. The predicted molar refractivity (Wildman–Crippen MR) is 80.0 cm³/mol. The zero-order valence-electron chi connectivity index (χ0n) is 12.6. The lowest BCUT2D eigenvalue weighted by Gasteiger charge is -2.30. The monoisotopic (exact) mass is 276 g/mol. The van der Waals surface area contributed by atoms with Gasteiger partial charge in [0, 0.05) is 19.6 Å². The summed E-state index contributed by atoms with van der Waals surface area (Å²) in [5.41, 5.74) is 1.76. The molecule has 1 unspecified atom stereocenters. The third-order valence-electron chi connectivity index (χ3n) is 4.03. The van der Waals surface area contributed by atoms with E-state index in [2.05, 4.69) is 30.8 Å². The van der Waals surface area contributed by atoms with E-state index in [0.29, 0.717) is 11.0 Å². The zero-order chi connectivity index (χ0) is 14.8. The Morgan fingerprint density at radius 1 is 1.50 bits per heavy atom. The average Bonchev–Trinajstić information content (AvgIpc) is 2.68. The Bertz CT molecular complexity index is 489. The molecule has 1 aromatic rings. The van der Waals surface area contributed by atoms with Gasteiger partial charge in [0.1, 0.15) is 0 Å². The third-order valence-corrected chi connectivity index (χ3v) is 4.03. The number of benzene rings is 1. The summed E-state index contributed by atoms with van der Waals surface area (Å²) in [6.07, 6.45) is 1.23. The number of likely N-dealkylation sites (tertiary alicyclic amines) is 1. The number of hydrogen-bond donors (Lipinski definition) is 1. The van der Waals surface area contributed by atoms with E-state index >= 15 is 0 Å². The molecule has 0 bridgehead atoms. The average molecular weight is 276 g/mol. The molecular formula is C16H24N2O2. The van der Waals surface area contributed by atoms with Gasteiger partial charge in [-0.1, -0.05) is 19.1 Å². The molecule has 0 aromatic heterocycles. The van der Waals surface area contributed by atoms with Crippen molar-refractivity contribution in [2.75, 3.05) is 33.7 Å². The molecule has 0 spiro atoms. The summed E-state index contributed by atoms with van der Waals surface area (Å²) in [4.78, 5) is 15.7. The van der Waals surface area contributed by atoms with E-state index in [1.54, 1.807) is 12.1 Å². The van der Waals surface area contributed by atoms with Gasteiger partial charge in [0.2, 0.25) is 0 Å². The molecule has 0 radical (unpaired) electrons. The van der Waals surface area contributed by atoms with Crippen LogP contribution in [0.25, 0.3) is 0 Å². The third kappa shape index (κ3) is 3.81. The molecule has 1 fully saturated rings. The summed E-state index contributed by atoms with van der Waals surface area (Å²) < 4.78 is 0. The van der Waals surface area contributed by atoms with Gasteiger partial charge < -0.3 is 14.9 Å². The van der Waals surface area contributed by atoms with Crippen LogP contribution in [-0.2, 0) is 6.54 Å². The molecule has 1 N–H and O–H groups in total. The highest BCUT2D eigenvalue weighted by Crippen LogP contribution is 2.29. The molecule has 4 heteroatoms. The first-order valence-electron chi connectivity index (χ1n) is 7.07. The molecular weight excluding hydrogens is 252 g/mol. The van der Waals surface area contributed by atoms with Crippen molar-refractivity contribution < 1.29 is 9.90 Å². The number of carbonyl (C=O) groups is 1. The number of carboxylic acids is 1. The van der Waals surface area contributed by atoms with Crippen LogP contribution in [0.3, 0.4) is 0 Å². The second-order valence-corrected chi connectivity index (χ2v) is 6.48. The van der Waals surface area contributed by atoms with Crippen molar-refractivity contribution in [2.24, 2.45) is 5.41 Å². The summed E-state index contributed by atoms with van der Waals surface area (Å²) in [5, 5.41) is 9.02. The zero-order valence-corrected chi connectivity index (χ0v) is 12.6. The van der Waals surface area contributed by atoms with Crippen LogP contribution in [0.5, 0.6) is 0 Å². The minimum absolute atomic E-state index is 0.341. The maximum Gasteiger partial charge on any atom is 0.335 e. The maximum absolute atomic E-state index is 11.0. The first-order chi connectivity index (χ1) is 9.38. The number of aromatic carboxylic acids is 1. The Balaban J connectivity index is 1.96. The lowest BCUT2D eigenvalue weighted by molar-refractivity contribution is 0.0696. The summed E-state index contributed by atoms with van der Waals surface area (Å²) in [6.45, 7) is 6.46. The van der Waals surface area contributed by atoms with Crippen LogP contribution in [0.1, 0.15) is 29.3 Å². The lowest BCUT2D eigenvalue weighted by Crippen LogP contribution is -2.35. The molecule has 20 heavy (non-hydrogen) atoms. The van der Waals surface area contributed by atoms with Crippen molar-refractivity contribution in [1.29, 1.82) is 0 Å². The van der Waals surface area contributed by atoms with Gasteiger partial charge in [-0.25, -0.2) is 4.79 Å². The standard InChI is InChI=1S/C16H24N2O2/c1-16(7-8-17(2)11-16)12-18(3)10-13-5-4-6-14(9-13)15(19)20/h4-6,9H,7-8,10-12H2,1-3H3,(H,19,20). The fourth-order valence-corrected chi connectivity index (χ4v) is 3.22. The SMILES string of the molecule is CN1CCC(C)(CN(C)Cc2cccc(C(=O)O)c2)C1. The summed E-state index contributed by atoms with van der Waals surface area (Å²) >= 11 is 0. The fourth-order valence-electron chi connectivity index (χ4n) is 3.22.